The van der Waals surface area contributed by atoms with E-state index in [1.165, 1.54) is 48.7 Å². The normalized spacial score (nSPS) is 23.3. The van der Waals surface area contributed by atoms with Gasteiger partial charge in [0, 0.05) is 18.0 Å². The molecule has 2 atom stereocenters. The molecule has 114 valence electrons. The van der Waals surface area contributed by atoms with Gasteiger partial charge >= 0.3 is 0 Å². The van der Waals surface area contributed by atoms with Gasteiger partial charge in [0.1, 0.15) is 0 Å². The van der Waals surface area contributed by atoms with Crippen LogP contribution in [0.3, 0.4) is 0 Å². The van der Waals surface area contributed by atoms with Crippen molar-refractivity contribution in [3.8, 4) is 0 Å². The van der Waals surface area contributed by atoms with Crippen molar-refractivity contribution < 1.29 is 0 Å². The van der Waals surface area contributed by atoms with Crippen LogP contribution in [0.15, 0.2) is 24.3 Å². The Balaban J connectivity index is 1.83. The van der Waals surface area contributed by atoms with Crippen molar-refractivity contribution in [1.82, 2.24) is 15.1 Å². The van der Waals surface area contributed by atoms with Crippen molar-refractivity contribution in [2.75, 3.05) is 7.05 Å². The average Bonchev–Trinajstić information content (AvgIpc) is 2.71. The zero-order chi connectivity index (χ0) is 14.7. The number of para-hydroxylation sites is 1. The molecule has 1 heterocycles. The van der Waals surface area contributed by atoms with Gasteiger partial charge in [0.15, 0.2) is 0 Å². The van der Waals surface area contributed by atoms with Crippen LogP contribution in [0.25, 0.3) is 10.9 Å². The molecule has 1 fully saturated rings. The number of hydrogen-bond acceptors (Lipinski definition) is 2. The van der Waals surface area contributed by atoms with Gasteiger partial charge in [-0.25, -0.2) is 0 Å². The Hall–Kier alpha value is -1.35. The zero-order valence-electron chi connectivity index (χ0n) is 13.3. The van der Waals surface area contributed by atoms with E-state index in [9.17, 15) is 0 Å². The lowest BCUT2D eigenvalue weighted by Gasteiger charge is -2.18. The number of nitrogens with zero attached hydrogens (tertiary/aromatic N) is 2. The summed E-state index contributed by atoms with van der Waals surface area (Å²) in [5, 5.41) is 9.72. The first-order valence-electron chi connectivity index (χ1n) is 8.43. The zero-order valence-corrected chi connectivity index (χ0v) is 13.3. The van der Waals surface area contributed by atoms with Crippen molar-refractivity contribution in [3.05, 3.63) is 30.0 Å². The van der Waals surface area contributed by atoms with Gasteiger partial charge in [-0.2, -0.15) is 5.10 Å². The fourth-order valence-electron chi connectivity index (χ4n) is 3.77. The number of rotatable bonds is 4. The van der Waals surface area contributed by atoms with Crippen molar-refractivity contribution in [2.45, 2.75) is 58.0 Å². The fourth-order valence-corrected chi connectivity index (χ4v) is 3.77. The summed E-state index contributed by atoms with van der Waals surface area (Å²) < 4.78 is 2.15. The maximum absolute atomic E-state index is 4.88. The first-order valence-corrected chi connectivity index (χ1v) is 8.43. The van der Waals surface area contributed by atoms with Gasteiger partial charge < -0.3 is 5.32 Å². The molecule has 3 nitrogen and oxygen atoms in total. The first-order chi connectivity index (χ1) is 10.3. The molecule has 2 aromatic rings. The molecule has 0 aliphatic heterocycles. The van der Waals surface area contributed by atoms with E-state index >= 15 is 0 Å². The number of fused-ring (bicyclic) bond motifs is 1. The Kier molecular flexibility index (Phi) is 4.59. The van der Waals surface area contributed by atoms with E-state index in [1.807, 2.05) is 0 Å². The van der Waals surface area contributed by atoms with Crippen molar-refractivity contribution in [2.24, 2.45) is 5.92 Å². The lowest BCUT2D eigenvalue weighted by molar-refractivity contribution is 0.397. The molecule has 1 aliphatic carbocycles. The van der Waals surface area contributed by atoms with Crippen LogP contribution >= 0.6 is 0 Å². The van der Waals surface area contributed by atoms with E-state index in [0.717, 1.165) is 18.9 Å². The van der Waals surface area contributed by atoms with Crippen LogP contribution < -0.4 is 5.32 Å². The maximum atomic E-state index is 4.88. The Morgan fingerprint density at radius 3 is 2.86 bits per heavy atom. The quantitative estimate of drug-likeness (QED) is 0.867. The Labute approximate surface area is 127 Å². The predicted molar refractivity (Wildman–Crippen MR) is 88.5 cm³/mol. The second-order valence-electron chi connectivity index (χ2n) is 6.36. The minimum atomic E-state index is 0.692. The van der Waals surface area contributed by atoms with Gasteiger partial charge in [-0.3, -0.25) is 4.68 Å². The van der Waals surface area contributed by atoms with E-state index in [0.29, 0.717) is 6.04 Å². The highest BCUT2D eigenvalue weighted by molar-refractivity contribution is 5.81. The fraction of sp³-hybridized carbons (Fsp3) is 0.611. The smallest absolute Gasteiger partial charge is 0.0706 e. The summed E-state index contributed by atoms with van der Waals surface area (Å²) in [5.41, 5.74) is 2.59. The van der Waals surface area contributed by atoms with Crippen LogP contribution in [0.2, 0.25) is 0 Å². The first kappa shape index (κ1) is 14.6. The number of hydrogen-bond donors (Lipinski definition) is 1. The van der Waals surface area contributed by atoms with Crippen LogP contribution in [-0.2, 0) is 13.0 Å². The summed E-state index contributed by atoms with van der Waals surface area (Å²) in [6, 6.07) is 9.37. The van der Waals surface area contributed by atoms with Gasteiger partial charge in [-0.05, 0) is 45.2 Å². The molecular formula is C18H27N3. The molecule has 1 aromatic carbocycles. The monoisotopic (exact) mass is 285 g/mol. The van der Waals surface area contributed by atoms with Crippen molar-refractivity contribution >= 4 is 10.9 Å². The summed E-state index contributed by atoms with van der Waals surface area (Å²) in [5.74, 6) is 0.772. The molecule has 0 radical (unpaired) electrons. The van der Waals surface area contributed by atoms with Crippen LogP contribution in [-0.4, -0.2) is 22.9 Å². The molecule has 3 rings (SSSR count). The number of aromatic nitrogens is 2. The molecule has 0 amide bonds. The summed E-state index contributed by atoms with van der Waals surface area (Å²) in [6.45, 7) is 3.12. The minimum absolute atomic E-state index is 0.692. The standard InChI is InChI=1S/C18H27N3/c1-3-21-18-11-7-6-10-16(18)17(20-21)13-14-8-4-5-9-15(12-14)19-2/h6-7,10-11,14-15,19H,3-5,8-9,12-13H2,1-2H3. The Bertz CT molecular complexity index is 587. The van der Waals surface area contributed by atoms with E-state index in [2.05, 4.69) is 48.2 Å². The molecule has 21 heavy (non-hydrogen) atoms. The molecule has 3 heteroatoms. The second-order valence-corrected chi connectivity index (χ2v) is 6.36. The number of nitrogens with one attached hydrogen (secondary N) is 1. The van der Waals surface area contributed by atoms with Gasteiger partial charge in [0.2, 0.25) is 0 Å². The molecule has 0 saturated heterocycles. The molecular weight excluding hydrogens is 258 g/mol. The van der Waals surface area contributed by atoms with Crippen molar-refractivity contribution in [3.63, 3.8) is 0 Å². The maximum Gasteiger partial charge on any atom is 0.0706 e. The van der Waals surface area contributed by atoms with Crippen molar-refractivity contribution in [1.29, 1.82) is 0 Å². The highest BCUT2D eigenvalue weighted by Gasteiger charge is 2.21. The highest BCUT2D eigenvalue weighted by atomic mass is 15.3. The Morgan fingerprint density at radius 2 is 2.05 bits per heavy atom. The van der Waals surface area contributed by atoms with E-state index in [4.69, 9.17) is 5.10 Å². The lowest BCUT2D eigenvalue weighted by atomic mass is 9.92. The molecule has 1 aromatic heterocycles. The molecule has 1 aliphatic rings. The summed E-state index contributed by atoms with van der Waals surface area (Å²) in [4.78, 5) is 0. The third kappa shape index (κ3) is 3.13. The van der Waals surface area contributed by atoms with Gasteiger partial charge in [0.25, 0.3) is 0 Å². The highest BCUT2D eigenvalue weighted by Crippen LogP contribution is 2.28. The van der Waals surface area contributed by atoms with E-state index in [-0.39, 0.29) is 0 Å². The van der Waals surface area contributed by atoms with Gasteiger partial charge in [-0.15, -0.1) is 0 Å². The van der Waals surface area contributed by atoms with E-state index in [1.54, 1.807) is 0 Å². The Morgan fingerprint density at radius 1 is 1.24 bits per heavy atom. The molecule has 2 unspecified atom stereocenters. The second kappa shape index (κ2) is 6.61. The third-order valence-corrected chi connectivity index (χ3v) is 4.96. The third-order valence-electron chi connectivity index (χ3n) is 4.96. The number of aryl methyl sites for hydroxylation is 1. The molecule has 1 N–H and O–H groups in total. The molecule has 0 spiro atoms. The van der Waals surface area contributed by atoms with Crippen LogP contribution in [0.1, 0.15) is 44.7 Å². The molecule has 1 saturated carbocycles. The summed E-state index contributed by atoms with van der Waals surface area (Å²) >= 11 is 0. The predicted octanol–water partition coefficient (Wildman–Crippen LogP) is 3.77. The lowest BCUT2D eigenvalue weighted by Crippen LogP contribution is -2.26. The van der Waals surface area contributed by atoms with Crippen LogP contribution in [0.5, 0.6) is 0 Å². The van der Waals surface area contributed by atoms with Crippen LogP contribution in [0.4, 0.5) is 0 Å². The SMILES string of the molecule is CCn1nc(CC2CCCCC(NC)C2)c2ccccc21. The van der Waals surface area contributed by atoms with Crippen LogP contribution in [0, 0.1) is 5.92 Å². The summed E-state index contributed by atoms with van der Waals surface area (Å²) in [6.07, 6.45) is 7.85. The largest absolute Gasteiger partial charge is 0.317 e. The van der Waals surface area contributed by atoms with E-state index < -0.39 is 0 Å². The van der Waals surface area contributed by atoms with Gasteiger partial charge in [0.05, 0.1) is 11.2 Å². The minimum Gasteiger partial charge on any atom is -0.317 e. The average molecular weight is 285 g/mol. The number of benzene rings is 1. The van der Waals surface area contributed by atoms with Gasteiger partial charge in [-0.1, -0.05) is 37.5 Å². The summed E-state index contributed by atoms with van der Waals surface area (Å²) in [7, 11) is 2.11. The topological polar surface area (TPSA) is 29.9 Å². The molecule has 0 bridgehead atoms.